The van der Waals surface area contributed by atoms with Gasteiger partial charge in [0.1, 0.15) is 5.69 Å². The van der Waals surface area contributed by atoms with Crippen molar-refractivity contribution >= 4 is 17.2 Å². The third-order valence-electron chi connectivity index (χ3n) is 2.59. The van der Waals surface area contributed by atoms with E-state index in [9.17, 15) is 9.90 Å². The number of rotatable bonds is 1. The van der Waals surface area contributed by atoms with E-state index in [1.54, 1.807) is 10.3 Å². The van der Waals surface area contributed by atoms with E-state index in [0.29, 0.717) is 31.6 Å². The van der Waals surface area contributed by atoms with Crippen molar-refractivity contribution in [2.24, 2.45) is 0 Å². The second-order valence-corrected chi connectivity index (χ2v) is 4.84. The predicted octanol–water partition coefficient (Wildman–Crippen LogP) is 1.05. The van der Waals surface area contributed by atoms with Crippen LogP contribution in [0.5, 0.6) is 0 Å². The van der Waals surface area contributed by atoms with Gasteiger partial charge in [-0.25, -0.2) is 4.98 Å². The van der Waals surface area contributed by atoms with Crippen molar-refractivity contribution in [2.75, 3.05) is 13.1 Å². The first-order valence-electron chi connectivity index (χ1n) is 5.06. The van der Waals surface area contributed by atoms with E-state index in [1.807, 2.05) is 6.92 Å². The molecule has 1 aromatic heterocycles. The highest BCUT2D eigenvalue weighted by atomic mass is 32.1. The van der Waals surface area contributed by atoms with Gasteiger partial charge in [0.2, 0.25) is 0 Å². The number of aliphatic hydroxyl groups is 1. The second-order valence-electron chi connectivity index (χ2n) is 3.78. The van der Waals surface area contributed by atoms with Gasteiger partial charge in [-0.15, -0.1) is 11.3 Å². The molecule has 4 nitrogen and oxygen atoms in total. The van der Waals surface area contributed by atoms with Gasteiger partial charge in [0, 0.05) is 18.5 Å². The highest BCUT2D eigenvalue weighted by Gasteiger charge is 2.23. The molecule has 5 heteroatoms. The van der Waals surface area contributed by atoms with Gasteiger partial charge in [-0.05, 0) is 19.8 Å². The Balaban J connectivity index is 2.02. The van der Waals surface area contributed by atoms with E-state index >= 15 is 0 Å². The fourth-order valence-corrected chi connectivity index (χ4v) is 2.28. The third-order valence-corrected chi connectivity index (χ3v) is 3.36. The molecule has 1 saturated heterocycles. The van der Waals surface area contributed by atoms with Gasteiger partial charge in [0.05, 0.1) is 11.1 Å². The highest BCUT2D eigenvalue weighted by Crippen LogP contribution is 2.15. The molecule has 0 unspecified atom stereocenters. The van der Waals surface area contributed by atoms with E-state index < -0.39 is 0 Å². The molecule has 1 amide bonds. The second kappa shape index (κ2) is 4.28. The molecular formula is C10H14N2O2S. The summed E-state index contributed by atoms with van der Waals surface area (Å²) in [5.74, 6) is -0.00810. The van der Waals surface area contributed by atoms with Gasteiger partial charge < -0.3 is 10.0 Å². The molecule has 1 fully saturated rings. The lowest BCUT2D eigenvalue weighted by molar-refractivity contribution is 0.0542. The molecular weight excluding hydrogens is 212 g/mol. The minimum absolute atomic E-state index is 0.00810. The van der Waals surface area contributed by atoms with Crippen LogP contribution in [0.15, 0.2) is 5.38 Å². The smallest absolute Gasteiger partial charge is 0.273 e. The summed E-state index contributed by atoms with van der Waals surface area (Å²) in [4.78, 5) is 17.8. The first-order chi connectivity index (χ1) is 7.16. The maximum atomic E-state index is 11.9. The van der Waals surface area contributed by atoms with Crippen LogP contribution in [0, 0.1) is 6.92 Å². The number of amides is 1. The topological polar surface area (TPSA) is 53.4 Å². The van der Waals surface area contributed by atoms with Crippen molar-refractivity contribution in [2.45, 2.75) is 25.9 Å². The number of carbonyl (C=O) groups is 1. The molecule has 1 N–H and O–H groups in total. The summed E-state index contributed by atoms with van der Waals surface area (Å²) in [6.45, 7) is 3.16. The molecule has 2 heterocycles. The largest absolute Gasteiger partial charge is 0.393 e. The van der Waals surface area contributed by atoms with Crippen LogP contribution in [0.3, 0.4) is 0 Å². The molecule has 0 saturated carbocycles. The number of likely N-dealkylation sites (tertiary alicyclic amines) is 1. The Labute approximate surface area is 92.6 Å². The van der Waals surface area contributed by atoms with Crippen molar-refractivity contribution in [1.29, 1.82) is 0 Å². The summed E-state index contributed by atoms with van der Waals surface area (Å²) in [5, 5.41) is 12.0. The monoisotopic (exact) mass is 226 g/mol. The van der Waals surface area contributed by atoms with Crippen LogP contribution in [0.25, 0.3) is 0 Å². The lowest BCUT2D eigenvalue weighted by Crippen LogP contribution is -2.40. The van der Waals surface area contributed by atoms with Gasteiger partial charge in [0.15, 0.2) is 0 Å². The molecule has 82 valence electrons. The van der Waals surface area contributed by atoms with Crippen LogP contribution in [0.1, 0.15) is 28.3 Å². The van der Waals surface area contributed by atoms with E-state index in [2.05, 4.69) is 4.98 Å². The molecule has 0 aromatic carbocycles. The average molecular weight is 226 g/mol. The Morgan fingerprint density at radius 3 is 2.80 bits per heavy atom. The Morgan fingerprint density at radius 1 is 1.60 bits per heavy atom. The zero-order valence-corrected chi connectivity index (χ0v) is 9.46. The molecule has 0 radical (unpaired) electrons. The minimum atomic E-state index is -0.244. The van der Waals surface area contributed by atoms with Gasteiger partial charge in [-0.2, -0.15) is 0 Å². The number of hydrogen-bond donors (Lipinski definition) is 1. The zero-order valence-electron chi connectivity index (χ0n) is 8.64. The molecule has 1 aliphatic heterocycles. The minimum Gasteiger partial charge on any atom is -0.393 e. The lowest BCUT2D eigenvalue weighted by atomic mass is 10.1. The van der Waals surface area contributed by atoms with Crippen LogP contribution < -0.4 is 0 Å². The first-order valence-corrected chi connectivity index (χ1v) is 5.94. The molecule has 0 bridgehead atoms. The molecule has 2 rings (SSSR count). The summed E-state index contributed by atoms with van der Waals surface area (Å²) in [6.07, 6.45) is 1.11. The molecule has 1 aliphatic rings. The summed E-state index contributed by atoms with van der Waals surface area (Å²) >= 11 is 1.49. The van der Waals surface area contributed by atoms with Crippen molar-refractivity contribution in [3.63, 3.8) is 0 Å². The van der Waals surface area contributed by atoms with E-state index in [4.69, 9.17) is 0 Å². The van der Waals surface area contributed by atoms with Crippen molar-refractivity contribution in [3.8, 4) is 0 Å². The van der Waals surface area contributed by atoms with E-state index in [0.717, 1.165) is 5.01 Å². The Hall–Kier alpha value is -0.940. The van der Waals surface area contributed by atoms with Crippen LogP contribution in [-0.4, -0.2) is 40.1 Å². The number of hydrogen-bond acceptors (Lipinski definition) is 4. The fraction of sp³-hybridized carbons (Fsp3) is 0.600. The zero-order chi connectivity index (χ0) is 10.8. The van der Waals surface area contributed by atoms with Crippen LogP contribution in [0.4, 0.5) is 0 Å². The fourth-order valence-electron chi connectivity index (χ4n) is 1.69. The standard InChI is InChI=1S/C10H14N2O2S/c1-7-11-9(6-15-7)10(14)12-4-2-8(13)3-5-12/h6,8,13H,2-5H2,1H3. The summed E-state index contributed by atoms with van der Waals surface area (Å²) in [6, 6.07) is 0. The Kier molecular flexibility index (Phi) is 3.02. The lowest BCUT2D eigenvalue weighted by Gasteiger charge is -2.28. The summed E-state index contributed by atoms with van der Waals surface area (Å²) in [7, 11) is 0. The predicted molar refractivity (Wildman–Crippen MR) is 58.0 cm³/mol. The number of aryl methyl sites for hydroxylation is 1. The molecule has 0 atom stereocenters. The Bertz CT molecular complexity index is 356. The maximum Gasteiger partial charge on any atom is 0.273 e. The van der Waals surface area contributed by atoms with Crippen LogP contribution in [0.2, 0.25) is 0 Å². The quantitative estimate of drug-likeness (QED) is 0.778. The highest BCUT2D eigenvalue weighted by molar-refractivity contribution is 7.09. The number of nitrogens with zero attached hydrogens (tertiary/aromatic N) is 2. The summed E-state index contributed by atoms with van der Waals surface area (Å²) < 4.78 is 0. The van der Waals surface area contributed by atoms with E-state index in [-0.39, 0.29) is 12.0 Å². The van der Waals surface area contributed by atoms with Gasteiger partial charge in [-0.3, -0.25) is 4.79 Å². The van der Waals surface area contributed by atoms with Gasteiger partial charge >= 0.3 is 0 Å². The Morgan fingerprint density at radius 2 is 2.27 bits per heavy atom. The van der Waals surface area contributed by atoms with Crippen molar-refractivity contribution < 1.29 is 9.90 Å². The molecule has 15 heavy (non-hydrogen) atoms. The molecule has 0 spiro atoms. The van der Waals surface area contributed by atoms with Crippen LogP contribution in [-0.2, 0) is 0 Å². The SMILES string of the molecule is Cc1nc(C(=O)N2CCC(O)CC2)cs1. The first kappa shape index (κ1) is 10.6. The van der Waals surface area contributed by atoms with Gasteiger partial charge in [-0.1, -0.05) is 0 Å². The number of carbonyl (C=O) groups excluding carboxylic acids is 1. The number of thiazole rings is 1. The number of aliphatic hydroxyl groups excluding tert-OH is 1. The molecule has 0 aliphatic carbocycles. The van der Waals surface area contributed by atoms with E-state index in [1.165, 1.54) is 11.3 Å². The van der Waals surface area contributed by atoms with Crippen molar-refractivity contribution in [1.82, 2.24) is 9.88 Å². The van der Waals surface area contributed by atoms with Crippen molar-refractivity contribution in [3.05, 3.63) is 16.1 Å². The average Bonchev–Trinajstić information content (AvgIpc) is 2.65. The number of piperidine rings is 1. The normalized spacial score (nSPS) is 18.1. The molecule has 1 aromatic rings. The van der Waals surface area contributed by atoms with Crippen LogP contribution >= 0.6 is 11.3 Å². The third kappa shape index (κ3) is 2.35. The maximum absolute atomic E-state index is 11.9. The van der Waals surface area contributed by atoms with Gasteiger partial charge in [0.25, 0.3) is 5.91 Å². The summed E-state index contributed by atoms with van der Waals surface area (Å²) in [5.41, 5.74) is 0.536. The number of aromatic nitrogens is 1.